The van der Waals surface area contributed by atoms with Gasteiger partial charge in [-0.25, -0.2) is 9.00 Å². The van der Waals surface area contributed by atoms with Gasteiger partial charge >= 0.3 is 13.2 Å². The van der Waals surface area contributed by atoms with Crippen molar-refractivity contribution in [3.63, 3.8) is 0 Å². The minimum absolute atomic E-state index is 0.201. The van der Waals surface area contributed by atoms with E-state index in [1.54, 1.807) is 31.2 Å². The van der Waals surface area contributed by atoms with Crippen molar-refractivity contribution in [3.05, 3.63) is 24.3 Å². The minimum atomic E-state index is -2.17. The van der Waals surface area contributed by atoms with Crippen molar-refractivity contribution in [1.29, 1.82) is 0 Å². The molecular formula is C15H22BNO5S. The minimum Gasteiger partial charge on any atom is -0.448 e. The standard InChI is InChI=1S/C15H22BNO5S/c1-6-20-13(18)17-23(19)12-9-7-11(8-10-12)16-21-14(2,3)15(4,5)22-16/h7-10,23H,6H2,1-5H3. The molecule has 1 aromatic rings. The summed E-state index contributed by atoms with van der Waals surface area (Å²) >= 11 is 0. The van der Waals surface area contributed by atoms with Crippen LogP contribution in [0.1, 0.15) is 34.6 Å². The molecule has 0 aliphatic carbocycles. The summed E-state index contributed by atoms with van der Waals surface area (Å²) in [6.07, 6.45) is -0.816. The second-order valence-electron chi connectivity index (χ2n) is 6.25. The maximum Gasteiger partial charge on any atom is 0.494 e. The van der Waals surface area contributed by atoms with Crippen LogP contribution in [0, 0.1) is 0 Å². The Morgan fingerprint density at radius 1 is 1.17 bits per heavy atom. The summed E-state index contributed by atoms with van der Waals surface area (Å²) in [7, 11) is -2.65. The highest BCUT2D eigenvalue weighted by Gasteiger charge is 2.51. The predicted molar refractivity (Wildman–Crippen MR) is 89.4 cm³/mol. The van der Waals surface area contributed by atoms with E-state index in [1.165, 1.54) is 0 Å². The van der Waals surface area contributed by atoms with Crippen LogP contribution in [0.5, 0.6) is 0 Å². The second kappa shape index (κ2) is 6.63. The Bertz CT molecular complexity index is 649. The summed E-state index contributed by atoms with van der Waals surface area (Å²) in [6, 6.07) is 6.85. The smallest absolute Gasteiger partial charge is 0.448 e. The molecule has 0 N–H and O–H groups in total. The van der Waals surface area contributed by atoms with Crippen LogP contribution < -0.4 is 5.46 Å². The first-order chi connectivity index (χ1) is 10.7. The molecule has 1 unspecified atom stereocenters. The summed E-state index contributed by atoms with van der Waals surface area (Å²) in [5.74, 6) is 0. The van der Waals surface area contributed by atoms with Gasteiger partial charge in [-0.2, -0.15) is 0 Å². The zero-order chi connectivity index (χ0) is 17.3. The first-order valence-corrected chi connectivity index (χ1v) is 8.69. The number of carbonyl (C=O) groups is 1. The Labute approximate surface area is 138 Å². The van der Waals surface area contributed by atoms with Gasteiger partial charge in [0.05, 0.1) is 28.4 Å². The number of thiol groups is 1. The summed E-state index contributed by atoms with van der Waals surface area (Å²) in [5, 5.41) is 0. The average Bonchev–Trinajstić information content (AvgIpc) is 2.68. The van der Waals surface area contributed by atoms with Gasteiger partial charge in [-0.15, -0.1) is 4.36 Å². The van der Waals surface area contributed by atoms with Gasteiger partial charge in [0.25, 0.3) is 0 Å². The molecule has 0 bridgehead atoms. The Morgan fingerprint density at radius 2 is 1.70 bits per heavy atom. The fourth-order valence-electron chi connectivity index (χ4n) is 2.02. The van der Waals surface area contributed by atoms with Gasteiger partial charge in [0.2, 0.25) is 0 Å². The van der Waals surface area contributed by atoms with E-state index < -0.39 is 35.0 Å². The molecule has 1 saturated heterocycles. The SMILES string of the molecule is CCOC(=O)/N=[SH](=O)/c1ccc(B2OC(C)(C)C(C)(C)O2)cc1. The van der Waals surface area contributed by atoms with Crippen LogP contribution in [0.25, 0.3) is 0 Å². The molecule has 1 aliphatic heterocycles. The van der Waals surface area contributed by atoms with Crippen molar-refractivity contribution in [2.45, 2.75) is 50.7 Å². The monoisotopic (exact) mass is 339 g/mol. The number of nitrogens with zero attached hydrogens (tertiary/aromatic N) is 1. The number of benzene rings is 1. The van der Waals surface area contributed by atoms with Gasteiger partial charge in [-0.05, 0) is 52.2 Å². The summed E-state index contributed by atoms with van der Waals surface area (Å²) in [6.45, 7) is 9.80. The molecule has 1 atom stereocenters. The van der Waals surface area contributed by atoms with Gasteiger partial charge in [-0.3, -0.25) is 0 Å². The van der Waals surface area contributed by atoms with E-state index in [9.17, 15) is 9.00 Å². The Hall–Kier alpha value is -1.38. The second-order valence-corrected chi connectivity index (χ2v) is 7.51. The van der Waals surface area contributed by atoms with Gasteiger partial charge in [0, 0.05) is 4.90 Å². The molecule has 8 heteroatoms. The third kappa shape index (κ3) is 3.94. The van der Waals surface area contributed by atoms with E-state index in [0.29, 0.717) is 4.90 Å². The van der Waals surface area contributed by atoms with Crippen LogP contribution in [0.15, 0.2) is 33.5 Å². The van der Waals surface area contributed by atoms with Crippen molar-refractivity contribution in [1.82, 2.24) is 0 Å². The van der Waals surface area contributed by atoms with Crippen molar-refractivity contribution in [3.8, 4) is 0 Å². The molecule has 0 aromatic heterocycles. The number of hydrogen-bond acceptors (Lipinski definition) is 5. The molecule has 0 radical (unpaired) electrons. The predicted octanol–water partition coefficient (Wildman–Crippen LogP) is 2.17. The van der Waals surface area contributed by atoms with Crippen LogP contribution >= 0.6 is 0 Å². The Morgan fingerprint density at radius 3 is 2.17 bits per heavy atom. The summed E-state index contributed by atoms with van der Waals surface area (Å²) in [5.41, 5.74) is -0.00601. The molecule has 6 nitrogen and oxygen atoms in total. The lowest BCUT2D eigenvalue weighted by molar-refractivity contribution is 0.00578. The van der Waals surface area contributed by atoms with Crippen LogP contribution in [0.2, 0.25) is 0 Å². The quantitative estimate of drug-likeness (QED) is 0.675. The highest BCUT2D eigenvalue weighted by molar-refractivity contribution is 7.75. The van der Waals surface area contributed by atoms with Gasteiger partial charge < -0.3 is 14.0 Å². The summed E-state index contributed by atoms with van der Waals surface area (Å²) in [4.78, 5) is 11.7. The number of ether oxygens (including phenoxy) is 1. The number of amides is 1. The molecule has 0 spiro atoms. The van der Waals surface area contributed by atoms with Crippen LogP contribution in [-0.4, -0.2) is 35.2 Å². The van der Waals surface area contributed by atoms with E-state index in [2.05, 4.69) is 9.10 Å². The molecule has 23 heavy (non-hydrogen) atoms. The molecule has 126 valence electrons. The zero-order valence-corrected chi connectivity index (χ0v) is 14.9. The van der Waals surface area contributed by atoms with E-state index >= 15 is 0 Å². The third-order valence-corrected chi connectivity index (χ3v) is 5.16. The van der Waals surface area contributed by atoms with Crippen LogP contribution in [0.4, 0.5) is 4.79 Å². The molecule has 2 rings (SSSR count). The third-order valence-electron chi connectivity index (χ3n) is 4.08. The van der Waals surface area contributed by atoms with Gasteiger partial charge in [0.1, 0.15) is 0 Å². The molecule has 1 aromatic carbocycles. The number of hydrogen-bond donors (Lipinski definition) is 1. The maximum atomic E-state index is 12.0. The fourth-order valence-corrected chi connectivity index (χ4v) is 2.75. The lowest BCUT2D eigenvalue weighted by atomic mass is 9.79. The lowest BCUT2D eigenvalue weighted by Crippen LogP contribution is -2.41. The molecule has 0 saturated carbocycles. The Kier molecular flexibility index (Phi) is 5.18. The molecule has 1 heterocycles. The molecular weight excluding hydrogens is 317 g/mol. The van der Waals surface area contributed by atoms with Gasteiger partial charge in [0.15, 0.2) is 0 Å². The molecule has 1 amide bonds. The van der Waals surface area contributed by atoms with Gasteiger partial charge in [-0.1, -0.05) is 12.1 Å². The van der Waals surface area contributed by atoms with Crippen LogP contribution in [0.3, 0.4) is 0 Å². The molecule has 1 aliphatic rings. The largest absolute Gasteiger partial charge is 0.494 e. The van der Waals surface area contributed by atoms with Crippen molar-refractivity contribution < 1.29 is 23.0 Å². The van der Waals surface area contributed by atoms with E-state index in [4.69, 9.17) is 9.31 Å². The van der Waals surface area contributed by atoms with Crippen LogP contribution in [-0.2, 0) is 24.6 Å². The van der Waals surface area contributed by atoms with E-state index in [1.807, 2.05) is 27.7 Å². The summed E-state index contributed by atoms with van der Waals surface area (Å²) < 4.78 is 32.0. The topological polar surface area (TPSA) is 74.2 Å². The fraction of sp³-hybridized carbons (Fsp3) is 0.533. The first kappa shape index (κ1) is 18.0. The first-order valence-electron chi connectivity index (χ1n) is 7.47. The highest BCUT2D eigenvalue weighted by atomic mass is 32.2. The Balaban J connectivity index is 2.15. The number of rotatable bonds is 3. The average molecular weight is 339 g/mol. The zero-order valence-electron chi connectivity index (χ0n) is 14.0. The lowest BCUT2D eigenvalue weighted by Gasteiger charge is -2.32. The van der Waals surface area contributed by atoms with Crippen molar-refractivity contribution in [2.75, 3.05) is 6.61 Å². The maximum absolute atomic E-state index is 12.0. The van der Waals surface area contributed by atoms with E-state index in [0.717, 1.165) is 5.46 Å². The normalized spacial score (nSPS) is 20.5. The number of carbonyl (C=O) groups excluding carboxylic acids is 1. The van der Waals surface area contributed by atoms with Crippen molar-refractivity contribution >= 4 is 29.3 Å². The highest BCUT2D eigenvalue weighted by Crippen LogP contribution is 2.36. The van der Waals surface area contributed by atoms with Crippen molar-refractivity contribution in [2.24, 2.45) is 4.36 Å². The molecule has 1 fully saturated rings. The van der Waals surface area contributed by atoms with E-state index in [-0.39, 0.29) is 6.61 Å².